The monoisotopic (exact) mass is 471 g/mol. The van der Waals surface area contributed by atoms with Crippen molar-refractivity contribution in [2.24, 2.45) is 0 Å². The van der Waals surface area contributed by atoms with E-state index in [0.29, 0.717) is 52.3 Å². The number of hydrogen-bond donors (Lipinski definition) is 1. The molecule has 3 aromatic rings. The molecule has 7 nitrogen and oxygen atoms in total. The molecule has 2 aliphatic heterocycles. The van der Waals surface area contributed by atoms with E-state index in [1.54, 1.807) is 36.2 Å². The van der Waals surface area contributed by atoms with Crippen molar-refractivity contribution in [2.75, 3.05) is 26.2 Å². The standard InChI is InChI=1S/C22H22FN5O2S2/c1-13-18(32-19(25-13)16-4-2-3-5-17(16)23)21(29)28-11-15(12-28)26-14-6-8-27(10-14)22(30)20-24-7-9-31-20/h2-5,7,9,14-15,26H,6,8,10-12H2,1H3. The summed E-state index contributed by atoms with van der Waals surface area (Å²) < 4.78 is 14.1. The van der Waals surface area contributed by atoms with E-state index in [1.807, 2.05) is 10.3 Å². The largest absolute Gasteiger partial charge is 0.335 e. The van der Waals surface area contributed by atoms with Crippen LogP contribution in [-0.2, 0) is 0 Å². The fourth-order valence-corrected chi connectivity index (χ4v) is 5.78. The van der Waals surface area contributed by atoms with E-state index in [4.69, 9.17) is 0 Å². The number of nitrogens with one attached hydrogen (secondary N) is 1. The number of thiazole rings is 2. The molecule has 2 aliphatic rings. The Morgan fingerprint density at radius 1 is 1.12 bits per heavy atom. The molecule has 0 bridgehead atoms. The van der Waals surface area contributed by atoms with Crippen molar-refractivity contribution in [3.8, 4) is 10.6 Å². The van der Waals surface area contributed by atoms with E-state index < -0.39 is 0 Å². The van der Waals surface area contributed by atoms with Gasteiger partial charge in [-0.15, -0.1) is 22.7 Å². The third kappa shape index (κ3) is 4.05. The van der Waals surface area contributed by atoms with Gasteiger partial charge in [0, 0.05) is 55.4 Å². The summed E-state index contributed by atoms with van der Waals surface area (Å²) in [5, 5.41) is 6.43. The zero-order chi connectivity index (χ0) is 22.2. The van der Waals surface area contributed by atoms with Crippen LogP contribution in [-0.4, -0.2) is 69.8 Å². The smallest absolute Gasteiger partial charge is 0.282 e. The molecule has 1 atom stereocenters. The minimum Gasteiger partial charge on any atom is -0.335 e. The highest BCUT2D eigenvalue weighted by Crippen LogP contribution is 2.31. The maximum atomic E-state index is 14.1. The SMILES string of the molecule is Cc1nc(-c2ccccc2F)sc1C(=O)N1CC(NC2CCN(C(=O)c3nccs3)C2)C1. The van der Waals surface area contributed by atoms with Gasteiger partial charge in [0.15, 0.2) is 5.01 Å². The van der Waals surface area contributed by atoms with Gasteiger partial charge in [0.05, 0.1) is 5.69 Å². The zero-order valence-electron chi connectivity index (χ0n) is 17.5. The predicted octanol–water partition coefficient (Wildman–Crippen LogP) is 3.04. The van der Waals surface area contributed by atoms with Crippen molar-refractivity contribution in [3.63, 3.8) is 0 Å². The molecule has 32 heavy (non-hydrogen) atoms. The first-order chi connectivity index (χ1) is 15.5. The number of rotatable bonds is 5. The van der Waals surface area contributed by atoms with Crippen molar-refractivity contribution in [3.05, 3.63) is 57.2 Å². The third-order valence-electron chi connectivity index (χ3n) is 5.83. The van der Waals surface area contributed by atoms with Crippen LogP contribution in [0.2, 0.25) is 0 Å². The average Bonchev–Trinajstić information content (AvgIpc) is 3.51. The van der Waals surface area contributed by atoms with Crippen LogP contribution < -0.4 is 5.32 Å². The minimum absolute atomic E-state index is 0.0129. The van der Waals surface area contributed by atoms with E-state index in [2.05, 4.69) is 15.3 Å². The van der Waals surface area contributed by atoms with Crippen LogP contribution in [0.15, 0.2) is 35.8 Å². The molecule has 2 amide bonds. The van der Waals surface area contributed by atoms with Gasteiger partial charge >= 0.3 is 0 Å². The molecule has 5 rings (SSSR count). The summed E-state index contributed by atoms with van der Waals surface area (Å²) in [4.78, 5) is 38.1. The Labute approximate surface area is 192 Å². The lowest BCUT2D eigenvalue weighted by atomic mass is 10.1. The van der Waals surface area contributed by atoms with Crippen molar-refractivity contribution in [2.45, 2.75) is 25.4 Å². The molecule has 0 saturated carbocycles. The number of amides is 2. The topological polar surface area (TPSA) is 78.4 Å². The number of nitrogens with zero attached hydrogens (tertiary/aromatic N) is 4. The van der Waals surface area contributed by atoms with E-state index >= 15 is 0 Å². The second-order valence-electron chi connectivity index (χ2n) is 8.06. The molecular weight excluding hydrogens is 449 g/mol. The summed E-state index contributed by atoms with van der Waals surface area (Å²) >= 11 is 2.60. The highest BCUT2D eigenvalue weighted by atomic mass is 32.1. The number of benzene rings is 1. The maximum Gasteiger partial charge on any atom is 0.282 e. The minimum atomic E-state index is -0.340. The predicted molar refractivity (Wildman–Crippen MR) is 121 cm³/mol. The first kappa shape index (κ1) is 21.2. The summed E-state index contributed by atoms with van der Waals surface area (Å²) in [6.45, 7) is 4.38. The van der Waals surface area contributed by atoms with E-state index in [1.165, 1.54) is 28.7 Å². The highest BCUT2D eigenvalue weighted by molar-refractivity contribution is 7.17. The van der Waals surface area contributed by atoms with Gasteiger partial charge < -0.3 is 15.1 Å². The Bertz CT molecular complexity index is 1140. The molecule has 0 radical (unpaired) electrons. The van der Waals surface area contributed by atoms with Crippen LogP contribution in [0.5, 0.6) is 0 Å². The van der Waals surface area contributed by atoms with Crippen LogP contribution in [0.1, 0.15) is 31.6 Å². The summed E-state index contributed by atoms with van der Waals surface area (Å²) in [5.74, 6) is -0.416. The van der Waals surface area contributed by atoms with Gasteiger partial charge in [0.2, 0.25) is 0 Å². The summed E-state index contributed by atoms with van der Waals surface area (Å²) in [7, 11) is 0. The molecule has 10 heteroatoms. The molecule has 2 fully saturated rings. The summed E-state index contributed by atoms with van der Waals surface area (Å²) in [5.41, 5.74) is 1.04. The first-order valence-corrected chi connectivity index (χ1v) is 12.2. The van der Waals surface area contributed by atoms with E-state index in [9.17, 15) is 14.0 Å². The number of likely N-dealkylation sites (tertiary alicyclic amines) is 2. The van der Waals surface area contributed by atoms with Crippen LogP contribution in [0.4, 0.5) is 4.39 Å². The zero-order valence-corrected chi connectivity index (χ0v) is 19.1. The van der Waals surface area contributed by atoms with Crippen molar-refractivity contribution >= 4 is 34.5 Å². The number of aromatic nitrogens is 2. The van der Waals surface area contributed by atoms with Crippen LogP contribution in [0.25, 0.3) is 10.6 Å². The first-order valence-electron chi connectivity index (χ1n) is 10.5. The quantitative estimate of drug-likeness (QED) is 0.619. The lowest BCUT2D eigenvalue weighted by Crippen LogP contribution is -2.62. The Morgan fingerprint density at radius 2 is 1.91 bits per heavy atom. The van der Waals surface area contributed by atoms with Crippen molar-refractivity contribution in [1.82, 2.24) is 25.1 Å². The van der Waals surface area contributed by atoms with Crippen LogP contribution in [0.3, 0.4) is 0 Å². The highest BCUT2D eigenvalue weighted by Gasteiger charge is 2.36. The molecule has 1 N–H and O–H groups in total. The Kier molecular flexibility index (Phi) is 5.75. The fraction of sp³-hybridized carbons (Fsp3) is 0.364. The number of carbonyl (C=O) groups is 2. The Morgan fingerprint density at radius 3 is 2.66 bits per heavy atom. The van der Waals surface area contributed by atoms with Gasteiger partial charge in [0.25, 0.3) is 11.8 Å². The third-order valence-corrected chi connectivity index (χ3v) is 7.77. The van der Waals surface area contributed by atoms with Gasteiger partial charge in [-0.2, -0.15) is 0 Å². The second kappa shape index (κ2) is 8.68. The van der Waals surface area contributed by atoms with Gasteiger partial charge in [-0.25, -0.2) is 14.4 Å². The van der Waals surface area contributed by atoms with E-state index in [-0.39, 0.29) is 29.7 Å². The second-order valence-corrected chi connectivity index (χ2v) is 9.95. The average molecular weight is 472 g/mol. The Balaban J connectivity index is 1.15. The number of hydrogen-bond acceptors (Lipinski definition) is 7. The molecule has 2 aromatic heterocycles. The molecule has 2 saturated heterocycles. The van der Waals surface area contributed by atoms with E-state index in [0.717, 1.165) is 6.42 Å². The molecule has 4 heterocycles. The fourth-order valence-electron chi connectivity index (χ4n) is 4.12. The van der Waals surface area contributed by atoms with Crippen LogP contribution in [0, 0.1) is 12.7 Å². The van der Waals surface area contributed by atoms with Gasteiger partial charge in [-0.3, -0.25) is 9.59 Å². The lowest BCUT2D eigenvalue weighted by molar-refractivity contribution is 0.0556. The van der Waals surface area contributed by atoms with Gasteiger partial charge in [-0.1, -0.05) is 12.1 Å². The number of halogens is 1. The summed E-state index contributed by atoms with van der Waals surface area (Å²) in [6, 6.07) is 6.90. The van der Waals surface area contributed by atoms with Gasteiger partial charge in [-0.05, 0) is 25.5 Å². The van der Waals surface area contributed by atoms with Crippen molar-refractivity contribution < 1.29 is 14.0 Å². The maximum absolute atomic E-state index is 14.1. The lowest BCUT2D eigenvalue weighted by Gasteiger charge is -2.41. The summed E-state index contributed by atoms with van der Waals surface area (Å²) in [6.07, 6.45) is 2.54. The van der Waals surface area contributed by atoms with Crippen molar-refractivity contribution in [1.29, 1.82) is 0 Å². The van der Waals surface area contributed by atoms with Gasteiger partial charge in [0.1, 0.15) is 15.7 Å². The molecule has 166 valence electrons. The number of aryl methyl sites for hydroxylation is 1. The molecule has 0 aliphatic carbocycles. The molecule has 0 spiro atoms. The molecular formula is C22H22FN5O2S2. The number of carbonyl (C=O) groups excluding carboxylic acids is 2. The normalized spacial score (nSPS) is 18.8. The van der Waals surface area contributed by atoms with Crippen LogP contribution >= 0.6 is 22.7 Å². The Hall–Kier alpha value is -2.69. The molecule has 1 aromatic carbocycles. The molecule has 1 unspecified atom stereocenters.